The topological polar surface area (TPSA) is 115 Å². The summed E-state index contributed by atoms with van der Waals surface area (Å²) in [7, 11) is 4.41. The minimum Gasteiger partial charge on any atom is -0.465 e. The predicted octanol–water partition coefficient (Wildman–Crippen LogP) is 3.88. The van der Waals surface area contributed by atoms with Crippen LogP contribution in [0.15, 0.2) is 29.8 Å². The molecule has 0 spiro atoms. The zero-order valence-corrected chi connectivity index (χ0v) is 19.1. The molecule has 0 radical (unpaired) electrons. The van der Waals surface area contributed by atoms with Gasteiger partial charge >= 0.3 is 5.97 Å². The molecule has 2 N–H and O–H groups in total. The van der Waals surface area contributed by atoms with Crippen molar-refractivity contribution in [3.8, 4) is 6.07 Å². The van der Waals surface area contributed by atoms with E-state index in [4.69, 9.17) is 4.74 Å². The van der Waals surface area contributed by atoms with Gasteiger partial charge in [0.15, 0.2) is 0 Å². The number of aromatic nitrogens is 1. The number of aromatic amines is 1. The highest BCUT2D eigenvalue weighted by Crippen LogP contribution is 2.35. The largest absolute Gasteiger partial charge is 0.465 e. The van der Waals surface area contributed by atoms with Gasteiger partial charge in [0.1, 0.15) is 16.6 Å². The Hall–Kier alpha value is -3.90. The second-order valence-corrected chi connectivity index (χ2v) is 8.31. The van der Waals surface area contributed by atoms with Crippen LogP contribution in [0.5, 0.6) is 0 Å². The SMILES string of the molecule is COC(=O)c1c(NC(=O)/C(C#N)=C/c2c(C)[nH]c3ccccc23)sc(C(=O)N(C)C)c1C. The van der Waals surface area contributed by atoms with E-state index >= 15 is 0 Å². The zero-order chi connectivity index (χ0) is 23.6. The van der Waals surface area contributed by atoms with Crippen LogP contribution in [0.4, 0.5) is 5.00 Å². The summed E-state index contributed by atoms with van der Waals surface area (Å²) < 4.78 is 4.84. The average Bonchev–Trinajstić information content (AvgIpc) is 3.26. The fraction of sp³-hybridized carbons (Fsp3) is 0.217. The fourth-order valence-corrected chi connectivity index (χ4v) is 4.52. The molecule has 0 fully saturated rings. The van der Waals surface area contributed by atoms with Crippen LogP contribution >= 0.6 is 11.3 Å². The maximum absolute atomic E-state index is 13.0. The molecule has 32 heavy (non-hydrogen) atoms. The van der Waals surface area contributed by atoms with E-state index in [1.54, 1.807) is 21.0 Å². The Balaban J connectivity index is 2.03. The number of thiophene rings is 1. The molecule has 2 heterocycles. The number of para-hydroxylation sites is 1. The highest BCUT2D eigenvalue weighted by atomic mass is 32.1. The van der Waals surface area contributed by atoms with Gasteiger partial charge in [-0.3, -0.25) is 9.59 Å². The Morgan fingerprint density at radius 2 is 1.91 bits per heavy atom. The third-order valence-electron chi connectivity index (χ3n) is 4.96. The first kappa shape index (κ1) is 22.8. The Labute approximate surface area is 189 Å². The van der Waals surface area contributed by atoms with Crippen molar-refractivity contribution < 1.29 is 19.1 Å². The summed E-state index contributed by atoms with van der Waals surface area (Å²) in [6.07, 6.45) is 1.51. The lowest BCUT2D eigenvalue weighted by atomic mass is 10.1. The molecule has 2 aromatic heterocycles. The van der Waals surface area contributed by atoms with Gasteiger partial charge in [-0.15, -0.1) is 11.3 Å². The predicted molar refractivity (Wildman–Crippen MR) is 124 cm³/mol. The summed E-state index contributed by atoms with van der Waals surface area (Å²) in [6, 6.07) is 9.50. The number of nitriles is 1. The molecule has 164 valence electrons. The molecule has 3 rings (SSSR count). The number of hydrogen-bond donors (Lipinski definition) is 2. The summed E-state index contributed by atoms with van der Waals surface area (Å²) in [5.74, 6) is -1.67. The molecular formula is C23H22N4O4S. The average molecular weight is 451 g/mol. The van der Waals surface area contributed by atoms with Crippen LogP contribution < -0.4 is 5.32 Å². The lowest BCUT2D eigenvalue weighted by Gasteiger charge is -2.08. The number of carbonyl (C=O) groups excluding carboxylic acids is 3. The number of nitrogens with zero attached hydrogens (tertiary/aromatic N) is 2. The molecule has 9 heteroatoms. The van der Waals surface area contributed by atoms with E-state index in [2.05, 4.69) is 10.3 Å². The minimum atomic E-state index is -0.688. The van der Waals surface area contributed by atoms with Gasteiger partial charge in [-0.2, -0.15) is 5.26 Å². The molecule has 0 unspecified atom stereocenters. The number of H-pyrrole nitrogens is 1. The number of amides is 2. The summed E-state index contributed by atoms with van der Waals surface area (Å²) in [6.45, 7) is 3.47. The summed E-state index contributed by atoms with van der Waals surface area (Å²) in [5.41, 5.74) is 2.80. The van der Waals surface area contributed by atoms with E-state index in [9.17, 15) is 19.6 Å². The van der Waals surface area contributed by atoms with Gasteiger partial charge in [0, 0.05) is 36.3 Å². The smallest absolute Gasteiger partial charge is 0.341 e. The van der Waals surface area contributed by atoms with Gasteiger partial charge in [0.05, 0.1) is 17.6 Å². The Kier molecular flexibility index (Phi) is 6.46. The number of esters is 1. The van der Waals surface area contributed by atoms with Crippen molar-refractivity contribution in [2.45, 2.75) is 13.8 Å². The third kappa shape index (κ3) is 4.13. The van der Waals surface area contributed by atoms with Gasteiger partial charge < -0.3 is 19.9 Å². The van der Waals surface area contributed by atoms with Crippen molar-refractivity contribution in [2.75, 3.05) is 26.5 Å². The quantitative estimate of drug-likeness (QED) is 0.348. The van der Waals surface area contributed by atoms with E-state index in [-0.39, 0.29) is 22.0 Å². The van der Waals surface area contributed by atoms with Gasteiger partial charge in [0.2, 0.25) is 0 Å². The lowest BCUT2D eigenvalue weighted by molar-refractivity contribution is -0.112. The van der Waals surface area contributed by atoms with Gasteiger partial charge in [-0.05, 0) is 31.6 Å². The van der Waals surface area contributed by atoms with Crippen molar-refractivity contribution in [3.05, 3.63) is 57.1 Å². The van der Waals surface area contributed by atoms with Crippen molar-refractivity contribution >= 4 is 51.1 Å². The molecule has 0 bridgehead atoms. The number of anilines is 1. The van der Waals surface area contributed by atoms with Crippen molar-refractivity contribution in [1.82, 2.24) is 9.88 Å². The maximum Gasteiger partial charge on any atom is 0.341 e. The van der Waals surface area contributed by atoms with E-state index in [0.29, 0.717) is 10.4 Å². The number of hydrogen-bond acceptors (Lipinski definition) is 6. The molecular weight excluding hydrogens is 428 g/mol. The Morgan fingerprint density at radius 1 is 1.22 bits per heavy atom. The van der Waals surface area contributed by atoms with Crippen molar-refractivity contribution in [3.63, 3.8) is 0 Å². The second-order valence-electron chi connectivity index (χ2n) is 7.28. The maximum atomic E-state index is 13.0. The Bertz CT molecular complexity index is 1310. The van der Waals surface area contributed by atoms with Crippen LogP contribution in [-0.4, -0.2) is 48.9 Å². The molecule has 0 saturated heterocycles. The normalized spacial score (nSPS) is 11.2. The molecule has 1 aromatic carbocycles. The van der Waals surface area contributed by atoms with E-state index in [0.717, 1.165) is 33.5 Å². The van der Waals surface area contributed by atoms with Crippen LogP contribution in [0.25, 0.3) is 17.0 Å². The van der Waals surface area contributed by atoms with Crippen molar-refractivity contribution in [1.29, 1.82) is 5.26 Å². The molecule has 0 aliphatic heterocycles. The number of rotatable bonds is 5. The van der Waals surface area contributed by atoms with E-state index < -0.39 is 11.9 Å². The van der Waals surface area contributed by atoms with Crippen molar-refractivity contribution in [2.24, 2.45) is 0 Å². The van der Waals surface area contributed by atoms with E-state index in [1.165, 1.54) is 18.1 Å². The third-order valence-corrected chi connectivity index (χ3v) is 6.16. The Morgan fingerprint density at radius 3 is 2.53 bits per heavy atom. The second kappa shape index (κ2) is 9.08. The fourth-order valence-electron chi connectivity index (χ4n) is 3.30. The van der Waals surface area contributed by atoms with Crippen LogP contribution in [-0.2, 0) is 9.53 Å². The molecule has 0 aliphatic carbocycles. The van der Waals surface area contributed by atoms with Crippen LogP contribution in [0.3, 0.4) is 0 Å². The molecule has 0 atom stereocenters. The summed E-state index contributed by atoms with van der Waals surface area (Å²) >= 11 is 0.969. The number of methoxy groups -OCH3 is 1. The molecule has 8 nitrogen and oxygen atoms in total. The van der Waals surface area contributed by atoms with Crippen LogP contribution in [0, 0.1) is 25.2 Å². The van der Waals surface area contributed by atoms with Gasteiger partial charge in [-0.25, -0.2) is 4.79 Å². The summed E-state index contributed by atoms with van der Waals surface area (Å²) in [5, 5.41) is 13.3. The zero-order valence-electron chi connectivity index (χ0n) is 18.3. The minimum absolute atomic E-state index is 0.0941. The number of ether oxygens (including phenoxy) is 1. The molecule has 0 saturated carbocycles. The number of nitrogens with one attached hydrogen (secondary N) is 2. The molecule has 0 aliphatic rings. The van der Waals surface area contributed by atoms with Gasteiger partial charge in [0.25, 0.3) is 11.8 Å². The highest BCUT2D eigenvalue weighted by Gasteiger charge is 2.27. The number of benzene rings is 1. The van der Waals surface area contributed by atoms with Crippen LogP contribution in [0.1, 0.15) is 36.9 Å². The highest BCUT2D eigenvalue weighted by molar-refractivity contribution is 7.18. The number of aryl methyl sites for hydroxylation is 1. The first-order chi connectivity index (χ1) is 15.2. The first-order valence-corrected chi connectivity index (χ1v) is 10.4. The van der Waals surface area contributed by atoms with Crippen LogP contribution in [0.2, 0.25) is 0 Å². The van der Waals surface area contributed by atoms with Gasteiger partial charge in [-0.1, -0.05) is 18.2 Å². The monoisotopic (exact) mass is 450 g/mol. The molecule has 2 amide bonds. The number of carbonyl (C=O) groups is 3. The van der Waals surface area contributed by atoms with E-state index in [1.807, 2.05) is 37.3 Å². The summed E-state index contributed by atoms with van der Waals surface area (Å²) in [4.78, 5) is 42.7. The molecule has 3 aromatic rings. The lowest BCUT2D eigenvalue weighted by Crippen LogP contribution is -2.21. The number of fused-ring (bicyclic) bond motifs is 1. The first-order valence-electron chi connectivity index (χ1n) is 9.63. The standard InChI is InChI=1S/C23H22N4O4S/c1-12-18(23(30)31-5)21(32-19(12)22(29)27(3)4)26-20(28)14(11-24)10-16-13(2)25-17-9-7-6-8-15(16)17/h6-10,25H,1-5H3,(H,26,28)/b14-10+.